The predicted octanol–water partition coefficient (Wildman–Crippen LogP) is 0.154. The highest BCUT2D eigenvalue weighted by Crippen LogP contribution is 2.25. The zero-order valence-electron chi connectivity index (χ0n) is 8.64. The van der Waals surface area contributed by atoms with Gasteiger partial charge in [-0.05, 0) is 6.92 Å². The van der Waals surface area contributed by atoms with E-state index in [1.165, 1.54) is 0 Å². The van der Waals surface area contributed by atoms with Crippen molar-refractivity contribution in [3.05, 3.63) is 6.20 Å². The first-order valence-corrected chi connectivity index (χ1v) is 4.73. The minimum Gasteiger partial charge on any atom is -0.467 e. The number of nitrogens with one attached hydrogen (secondary N) is 1. The Kier molecular flexibility index (Phi) is 2.59. The number of aryl methyl sites for hydroxylation is 1. The van der Waals surface area contributed by atoms with Crippen molar-refractivity contribution < 1.29 is 14.3 Å². The van der Waals surface area contributed by atoms with Crippen LogP contribution in [0.3, 0.4) is 0 Å². The van der Waals surface area contributed by atoms with Gasteiger partial charge in [0.2, 0.25) is 6.41 Å². The van der Waals surface area contributed by atoms with Crippen LogP contribution >= 0.6 is 0 Å². The Morgan fingerprint density at radius 2 is 2.60 bits per heavy atom. The van der Waals surface area contributed by atoms with E-state index in [0.29, 0.717) is 24.6 Å². The maximum absolute atomic E-state index is 10.3. The van der Waals surface area contributed by atoms with Gasteiger partial charge in [0, 0.05) is 7.05 Å². The molecule has 6 heteroatoms. The molecule has 2 heterocycles. The van der Waals surface area contributed by atoms with Crippen LogP contribution in [-0.4, -0.2) is 35.0 Å². The molecule has 82 valence electrons. The van der Waals surface area contributed by atoms with Crippen molar-refractivity contribution in [2.45, 2.75) is 19.1 Å². The number of carbonyl (C=O) groups excluding carboxylic acids is 1. The number of amides is 1. The van der Waals surface area contributed by atoms with Crippen LogP contribution in [0.4, 0.5) is 5.69 Å². The SMILES string of the molecule is CC1OCC1Oc1nn(C)cc1NC=O. The first kappa shape index (κ1) is 9.97. The van der Waals surface area contributed by atoms with Crippen LogP contribution in [0.5, 0.6) is 5.88 Å². The van der Waals surface area contributed by atoms with Crippen LogP contribution in [0, 0.1) is 0 Å². The minimum absolute atomic E-state index is 0.0205. The van der Waals surface area contributed by atoms with E-state index in [1.807, 2.05) is 6.92 Å². The fraction of sp³-hybridized carbons (Fsp3) is 0.556. The van der Waals surface area contributed by atoms with Gasteiger partial charge in [-0.15, -0.1) is 5.10 Å². The second-order valence-electron chi connectivity index (χ2n) is 3.48. The molecule has 1 saturated heterocycles. The Morgan fingerprint density at radius 3 is 3.13 bits per heavy atom. The maximum atomic E-state index is 10.3. The van der Waals surface area contributed by atoms with Gasteiger partial charge in [0.15, 0.2) is 0 Å². The molecule has 1 amide bonds. The number of hydrogen-bond donors (Lipinski definition) is 1. The van der Waals surface area contributed by atoms with E-state index >= 15 is 0 Å². The summed E-state index contributed by atoms with van der Waals surface area (Å²) in [6.07, 6.45) is 2.39. The molecule has 1 aliphatic rings. The lowest BCUT2D eigenvalue weighted by Crippen LogP contribution is -2.46. The average Bonchev–Trinajstić information content (AvgIpc) is 2.54. The van der Waals surface area contributed by atoms with E-state index in [0.717, 1.165) is 0 Å². The zero-order chi connectivity index (χ0) is 10.8. The lowest BCUT2D eigenvalue weighted by molar-refractivity contribution is -0.140. The van der Waals surface area contributed by atoms with Gasteiger partial charge in [0.05, 0.1) is 18.9 Å². The molecule has 0 saturated carbocycles. The van der Waals surface area contributed by atoms with Crippen molar-refractivity contribution in [2.24, 2.45) is 7.05 Å². The predicted molar refractivity (Wildman–Crippen MR) is 52.7 cm³/mol. The highest BCUT2D eigenvalue weighted by atomic mass is 16.6. The summed E-state index contributed by atoms with van der Waals surface area (Å²) >= 11 is 0. The first-order chi connectivity index (χ1) is 7.20. The Hall–Kier alpha value is -1.56. The van der Waals surface area contributed by atoms with Crippen molar-refractivity contribution >= 4 is 12.1 Å². The molecule has 0 spiro atoms. The second kappa shape index (κ2) is 3.90. The molecule has 2 rings (SSSR count). The van der Waals surface area contributed by atoms with Crippen molar-refractivity contribution in [1.29, 1.82) is 0 Å². The number of carbonyl (C=O) groups is 1. The summed E-state index contributed by atoms with van der Waals surface area (Å²) in [5.74, 6) is 0.435. The van der Waals surface area contributed by atoms with E-state index in [4.69, 9.17) is 9.47 Å². The summed E-state index contributed by atoms with van der Waals surface area (Å²) in [4.78, 5) is 10.3. The van der Waals surface area contributed by atoms with Gasteiger partial charge in [0.1, 0.15) is 11.8 Å². The Morgan fingerprint density at radius 1 is 1.80 bits per heavy atom. The van der Waals surface area contributed by atoms with E-state index in [1.54, 1.807) is 17.9 Å². The standard InChI is InChI=1S/C9H13N3O3/c1-6-8(4-14-6)15-9-7(10-5-13)3-12(2)11-9/h3,5-6,8H,4H2,1-2H3,(H,10,13). The zero-order valence-corrected chi connectivity index (χ0v) is 8.64. The number of rotatable bonds is 4. The van der Waals surface area contributed by atoms with Gasteiger partial charge >= 0.3 is 0 Å². The van der Waals surface area contributed by atoms with Crippen molar-refractivity contribution in [3.8, 4) is 5.88 Å². The molecule has 15 heavy (non-hydrogen) atoms. The van der Waals surface area contributed by atoms with Crippen LogP contribution in [-0.2, 0) is 16.6 Å². The molecule has 1 N–H and O–H groups in total. The number of ether oxygens (including phenoxy) is 2. The Balaban J connectivity index is 2.08. The molecule has 6 nitrogen and oxygen atoms in total. The Labute approximate surface area is 87.2 Å². The molecule has 0 aliphatic carbocycles. The van der Waals surface area contributed by atoms with Crippen molar-refractivity contribution in [2.75, 3.05) is 11.9 Å². The molecule has 1 aliphatic heterocycles. The molecule has 1 aromatic rings. The molecule has 2 atom stereocenters. The average molecular weight is 211 g/mol. The smallest absolute Gasteiger partial charge is 0.257 e. The van der Waals surface area contributed by atoms with E-state index in [-0.39, 0.29) is 12.2 Å². The fourth-order valence-electron chi connectivity index (χ4n) is 1.36. The molecule has 2 unspecified atom stereocenters. The summed E-state index contributed by atoms with van der Waals surface area (Å²) in [6.45, 7) is 2.50. The fourth-order valence-corrected chi connectivity index (χ4v) is 1.36. The maximum Gasteiger partial charge on any atom is 0.257 e. The number of aromatic nitrogens is 2. The van der Waals surface area contributed by atoms with Crippen LogP contribution in [0.25, 0.3) is 0 Å². The first-order valence-electron chi connectivity index (χ1n) is 4.73. The number of nitrogens with zero attached hydrogens (tertiary/aromatic N) is 2. The van der Waals surface area contributed by atoms with Crippen molar-refractivity contribution in [3.63, 3.8) is 0 Å². The molecule has 0 aromatic carbocycles. The molecular weight excluding hydrogens is 198 g/mol. The van der Waals surface area contributed by atoms with E-state index < -0.39 is 0 Å². The highest BCUT2D eigenvalue weighted by molar-refractivity contribution is 5.73. The third-order valence-electron chi connectivity index (χ3n) is 2.32. The number of hydrogen-bond acceptors (Lipinski definition) is 4. The van der Waals surface area contributed by atoms with Gasteiger partial charge in [-0.2, -0.15) is 0 Å². The topological polar surface area (TPSA) is 65.4 Å². The van der Waals surface area contributed by atoms with Crippen LogP contribution in [0.15, 0.2) is 6.20 Å². The van der Waals surface area contributed by atoms with Crippen molar-refractivity contribution in [1.82, 2.24) is 9.78 Å². The minimum atomic E-state index is 0.0205. The highest BCUT2D eigenvalue weighted by Gasteiger charge is 2.31. The van der Waals surface area contributed by atoms with Crippen LogP contribution < -0.4 is 10.1 Å². The summed E-state index contributed by atoms with van der Waals surface area (Å²) in [6, 6.07) is 0. The van der Waals surface area contributed by atoms with Gasteiger partial charge in [-0.25, -0.2) is 0 Å². The van der Waals surface area contributed by atoms with Gasteiger partial charge < -0.3 is 14.8 Å². The third-order valence-corrected chi connectivity index (χ3v) is 2.32. The normalized spacial score (nSPS) is 24.4. The second-order valence-corrected chi connectivity index (χ2v) is 3.48. The number of anilines is 1. The van der Waals surface area contributed by atoms with Gasteiger partial charge in [0.25, 0.3) is 5.88 Å². The molecule has 1 fully saturated rings. The van der Waals surface area contributed by atoms with Gasteiger partial charge in [-0.3, -0.25) is 9.48 Å². The summed E-state index contributed by atoms with van der Waals surface area (Å²) in [5, 5.41) is 6.64. The largest absolute Gasteiger partial charge is 0.467 e. The molecule has 0 bridgehead atoms. The monoisotopic (exact) mass is 211 g/mol. The quantitative estimate of drug-likeness (QED) is 0.720. The Bertz CT molecular complexity index is 363. The summed E-state index contributed by atoms with van der Waals surface area (Å²) < 4.78 is 12.3. The summed E-state index contributed by atoms with van der Waals surface area (Å²) in [5.41, 5.74) is 0.576. The lowest BCUT2D eigenvalue weighted by atomic mass is 10.2. The molecular formula is C9H13N3O3. The summed E-state index contributed by atoms with van der Waals surface area (Å²) in [7, 11) is 1.77. The van der Waals surface area contributed by atoms with E-state index in [2.05, 4.69) is 10.4 Å². The molecule has 0 radical (unpaired) electrons. The van der Waals surface area contributed by atoms with Crippen LogP contribution in [0.1, 0.15) is 6.92 Å². The van der Waals surface area contributed by atoms with E-state index in [9.17, 15) is 4.79 Å². The third kappa shape index (κ3) is 1.94. The van der Waals surface area contributed by atoms with Gasteiger partial charge in [-0.1, -0.05) is 0 Å². The lowest BCUT2D eigenvalue weighted by Gasteiger charge is -2.33. The van der Waals surface area contributed by atoms with Crippen LogP contribution in [0.2, 0.25) is 0 Å². The molecule has 1 aromatic heterocycles.